The maximum absolute atomic E-state index is 13.3. The van der Waals surface area contributed by atoms with Crippen molar-refractivity contribution in [3.63, 3.8) is 0 Å². The number of carbonyl (C=O) groups is 3. The molecule has 2 atom stereocenters. The number of rotatable bonds is 4. The van der Waals surface area contributed by atoms with E-state index in [-0.39, 0.29) is 11.6 Å². The van der Waals surface area contributed by atoms with Crippen LogP contribution >= 0.6 is 0 Å². The van der Waals surface area contributed by atoms with Gasteiger partial charge in [0.1, 0.15) is 12.1 Å². The van der Waals surface area contributed by atoms with E-state index in [1.54, 1.807) is 0 Å². The summed E-state index contributed by atoms with van der Waals surface area (Å²) < 4.78 is 39.8. The lowest BCUT2D eigenvalue weighted by Gasteiger charge is -2.36. The molecule has 0 radical (unpaired) electrons. The second kappa shape index (κ2) is 8.29. The summed E-state index contributed by atoms with van der Waals surface area (Å²) in [6, 6.07) is 2.62. The molecule has 0 unspecified atom stereocenters. The number of hydrogen-bond acceptors (Lipinski definition) is 4. The molecule has 2 N–H and O–H groups in total. The van der Waals surface area contributed by atoms with Gasteiger partial charge in [-0.15, -0.1) is 0 Å². The Balaban J connectivity index is 1.53. The lowest BCUT2D eigenvalue weighted by molar-refractivity contribution is -0.137. The molecule has 2 aliphatic heterocycles. The average molecular weight is 452 g/mol. The van der Waals surface area contributed by atoms with E-state index in [2.05, 4.69) is 10.6 Å². The normalized spacial score (nSPS) is 26.1. The van der Waals surface area contributed by atoms with Gasteiger partial charge in [-0.3, -0.25) is 14.5 Å². The van der Waals surface area contributed by atoms with Crippen molar-refractivity contribution < 1.29 is 27.6 Å². The lowest BCUT2D eigenvalue weighted by atomic mass is 9.73. The predicted octanol–water partition coefficient (Wildman–Crippen LogP) is 3.74. The number of alkyl halides is 3. The van der Waals surface area contributed by atoms with Gasteiger partial charge >= 0.3 is 12.2 Å². The van der Waals surface area contributed by atoms with Crippen LogP contribution in [0.15, 0.2) is 18.2 Å². The first-order chi connectivity index (χ1) is 15.1. The smallest absolute Gasteiger partial charge is 0.370 e. The van der Waals surface area contributed by atoms with E-state index in [0.717, 1.165) is 49.1 Å². The minimum Gasteiger partial charge on any atom is -0.370 e. The number of anilines is 2. The molecule has 4 amide bonds. The van der Waals surface area contributed by atoms with Gasteiger partial charge in [-0.05, 0) is 49.8 Å². The fourth-order valence-corrected chi connectivity index (χ4v) is 5.02. The first-order valence-electron chi connectivity index (χ1n) is 11.0. The number of nitrogens with one attached hydrogen (secondary N) is 2. The molecular weight excluding hydrogens is 425 g/mol. The molecule has 32 heavy (non-hydrogen) atoms. The van der Waals surface area contributed by atoms with Crippen molar-refractivity contribution in [2.45, 2.75) is 57.2 Å². The topological polar surface area (TPSA) is 81.8 Å². The Labute approximate surface area is 184 Å². The average Bonchev–Trinajstić information content (AvgIpc) is 3.33. The van der Waals surface area contributed by atoms with Gasteiger partial charge in [-0.1, -0.05) is 19.8 Å². The molecular formula is C22H27F3N4O3. The minimum absolute atomic E-state index is 0.0273. The third-order valence-electron chi connectivity index (χ3n) is 6.85. The summed E-state index contributed by atoms with van der Waals surface area (Å²) in [6.45, 7) is 2.73. The summed E-state index contributed by atoms with van der Waals surface area (Å²) in [7, 11) is 0. The highest BCUT2D eigenvalue weighted by Crippen LogP contribution is 2.39. The lowest BCUT2D eigenvalue weighted by Crippen LogP contribution is -2.54. The summed E-state index contributed by atoms with van der Waals surface area (Å²) in [5, 5.41) is 5.29. The van der Waals surface area contributed by atoms with E-state index in [1.165, 1.54) is 6.07 Å². The summed E-state index contributed by atoms with van der Waals surface area (Å²) in [6.07, 6.45) is 0.367. The second-order valence-corrected chi connectivity index (χ2v) is 8.91. The number of nitrogens with zero attached hydrogens (tertiary/aromatic N) is 2. The molecule has 3 fully saturated rings. The third kappa shape index (κ3) is 4.02. The van der Waals surface area contributed by atoms with Gasteiger partial charge in [-0.2, -0.15) is 13.2 Å². The van der Waals surface area contributed by atoms with E-state index < -0.39 is 41.7 Å². The van der Waals surface area contributed by atoms with E-state index in [4.69, 9.17) is 0 Å². The van der Waals surface area contributed by atoms with Gasteiger partial charge in [0, 0.05) is 13.1 Å². The molecule has 1 saturated carbocycles. The monoisotopic (exact) mass is 452 g/mol. The molecule has 10 heteroatoms. The second-order valence-electron chi connectivity index (χ2n) is 8.91. The maximum atomic E-state index is 13.3. The number of benzene rings is 1. The van der Waals surface area contributed by atoms with Crippen molar-refractivity contribution in [2.75, 3.05) is 29.9 Å². The van der Waals surface area contributed by atoms with E-state index >= 15 is 0 Å². The first kappa shape index (κ1) is 22.4. The van der Waals surface area contributed by atoms with Gasteiger partial charge < -0.3 is 15.5 Å². The molecule has 2 heterocycles. The van der Waals surface area contributed by atoms with Crippen LogP contribution in [0, 0.1) is 5.92 Å². The van der Waals surface area contributed by atoms with Crippen molar-refractivity contribution in [3.8, 4) is 0 Å². The molecule has 7 nitrogen and oxygen atoms in total. The quantitative estimate of drug-likeness (QED) is 0.682. The summed E-state index contributed by atoms with van der Waals surface area (Å²) in [4.78, 5) is 41.1. The Morgan fingerprint density at radius 2 is 1.91 bits per heavy atom. The summed E-state index contributed by atoms with van der Waals surface area (Å²) in [5.74, 6) is -1.20. The van der Waals surface area contributed by atoms with Gasteiger partial charge in [-0.25, -0.2) is 4.79 Å². The molecule has 2 saturated heterocycles. The number of halogens is 3. The molecule has 4 rings (SSSR count). The van der Waals surface area contributed by atoms with E-state index in [1.807, 2.05) is 11.8 Å². The third-order valence-corrected chi connectivity index (χ3v) is 6.85. The van der Waals surface area contributed by atoms with Crippen LogP contribution in [-0.2, 0) is 15.8 Å². The number of urea groups is 1. The van der Waals surface area contributed by atoms with E-state index in [0.29, 0.717) is 25.2 Å². The Bertz CT molecular complexity index is 929. The van der Waals surface area contributed by atoms with Crippen LogP contribution < -0.4 is 15.5 Å². The number of imide groups is 1. The standard InChI is InChI=1S/C22H27F3N4O3/c1-14-6-2-3-9-21(14)19(31)29(20(32)27-21)13-18(30)26-16-12-15(22(23,24)25)7-8-17(16)28-10-4-5-11-28/h7-8,12,14H,2-6,9-11,13H2,1H3,(H,26,30)(H,27,32)/t14-,21+/m0/s1. The molecule has 1 aliphatic carbocycles. The van der Waals surface area contributed by atoms with Crippen molar-refractivity contribution in [3.05, 3.63) is 23.8 Å². The van der Waals surface area contributed by atoms with Crippen LogP contribution in [0.3, 0.4) is 0 Å². The predicted molar refractivity (Wildman–Crippen MR) is 112 cm³/mol. The highest BCUT2D eigenvalue weighted by atomic mass is 19.4. The van der Waals surface area contributed by atoms with Crippen molar-refractivity contribution in [1.82, 2.24) is 10.2 Å². The highest BCUT2D eigenvalue weighted by Gasteiger charge is 2.55. The maximum Gasteiger partial charge on any atom is 0.416 e. The molecule has 1 aromatic carbocycles. The Kier molecular flexibility index (Phi) is 5.81. The van der Waals surface area contributed by atoms with Crippen LogP contribution in [0.25, 0.3) is 0 Å². The minimum atomic E-state index is -4.56. The Morgan fingerprint density at radius 3 is 2.56 bits per heavy atom. The largest absolute Gasteiger partial charge is 0.416 e. The Hall–Kier alpha value is -2.78. The molecule has 1 spiro atoms. The van der Waals surface area contributed by atoms with E-state index in [9.17, 15) is 27.6 Å². The fraction of sp³-hybridized carbons (Fsp3) is 0.591. The van der Waals surface area contributed by atoms with Crippen LogP contribution in [-0.4, -0.2) is 47.9 Å². The number of amides is 4. The van der Waals surface area contributed by atoms with Crippen LogP contribution in [0.5, 0.6) is 0 Å². The van der Waals surface area contributed by atoms with Gasteiger partial charge in [0.25, 0.3) is 5.91 Å². The molecule has 3 aliphatic rings. The van der Waals surface area contributed by atoms with Gasteiger partial charge in [0.05, 0.1) is 16.9 Å². The molecule has 0 aromatic heterocycles. The summed E-state index contributed by atoms with van der Waals surface area (Å²) >= 11 is 0. The number of carbonyl (C=O) groups excluding carboxylic acids is 3. The molecule has 174 valence electrons. The zero-order chi connectivity index (χ0) is 23.1. The van der Waals surface area contributed by atoms with Crippen molar-refractivity contribution in [2.24, 2.45) is 5.92 Å². The zero-order valence-electron chi connectivity index (χ0n) is 17.9. The number of hydrogen-bond donors (Lipinski definition) is 2. The Morgan fingerprint density at radius 1 is 1.19 bits per heavy atom. The van der Waals surface area contributed by atoms with Crippen LogP contribution in [0.1, 0.15) is 51.0 Å². The van der Waals surface area contributed by atoms with Gasteiger partial charge in [0.15, 0.2) is 0 Å². The summed E-state index contributed by atoms with van der Waals surface area (Å²) in [5.41, 5.74) is -1.34. The fourth-order valence-electron chi connectivity index (χ4n) is 5.02. The van der Waals surface area contributed by atoms with Crippen molar-refractivity contribution >= 4 is 29.2 Å². The molecule has 1 aromatic rings. The zero-order valence-corrected chi connectivity index (χ0v) is 17.9. The highest BCUT2D eigenvalue weighted by molar-refractivity contribution is 6.10. The first-order valence-corrected chi connectivity index (χ1v) is 11.0. The van der Waals surface area contributed by atoms with Crippen LogP contribution in [0.4, 0.5) is 29.3 Å². The van der Waals surface area contributed by atoms with Crippen LogP contribution in [0.2, 0.25) is 0 Å². The molecule has 0 bridgehead atoms. The van der Waals surface area contributed by atoms with Crippen molar-refractivity contribution in [1.29, 1.82) is 0 Å². The van der Waals surface area contributed by atoms with Gasteiger partial charge in [0.2, 0.25) is 5.91 Å². The SMILES string of the molecule is C[C@H]1CCCC[C@@]12NC(=O)N(CC(=O)Nc1cc(C(F)(F)F)ccc1N1CCCC1)C2=O.